The smallest absolute Gasteiger partial charge is 0.435 e. The molecule has 45 heavy (non-hydrogen) atoms. The normalized spacial score (nSPS) is 14.2. The summed E-state index contributed by atoms with van der Waals surface area (Å²) in [5, 5.41) is 5.63. The van der Waals surface area contributed by atoms with E-state index >= 15 is 0 Å². The Morgan fingerprint density at radius 3 is 2.04 bits per heavy atom. The fourth-order valence-electron chi connectivity index (χ4n) is 5.14. The third-order valence-corrected chi connectivity index (χ3v) is 9.43. The third-order valence-electron chi connectivity index (χ3n) is 7.04. The van der Waals surface area contributed by atoms with E-state index in [9.17, 15) is 9.59 Å². The van der Waals surface area contributed by atoms with Gasteiger partial charge in [0.1, 0.15) is 23.2 Å². The van der Waals surface area contributed by atoms with Crippen molar-refractivity contribution in [2.24, 2.45) is 0 Å². The Hall–Kier alpha value is -2.82. The first-order valence-electron chi connectivity index (χ1n) is 15.4. The summed E-state index contributed by atoms with van der Waals surface area (Å²) in [5.74, 6) is 0. The largest absolute Gasteiger partial charge is 0.443 e. The van der Waals surface area contributed by atoms with Crippen LogP contribution in [0.5, 0.6) is 0 Å². The number of nitrogens with zero attached hydrogens (tertiary/aromatic N) is 4. The number of ether oxygens (including phenoxy) is 2. The zero-order chi connectivity index (χ0) is 33.5. The van der Waals surface area contributed by atoms with Crippen molar-refractivity contribution in [1.29, 1.82) is 0 Å². The van der Waals surface area contributed by atoms with Gasteiger partial charge in [-0.1, -0.05) is 39.1 Å². The molecular formula is C32H48N4O6SSi2. The van der Waals surface area contributed by atoms with E-state index in [0.29, 0.717) is 29.0 Å². The van der Waals surface area contributed by atoms with Gasteiger partial charge >= 0.3 is 12.2 Å². The Morgan fingerprint density at radius 2 is 1.49 bits per heavy atom. The lowest BCUT2D eigenvalue weighted by Gasteiger charge is -2.35. The van der Waals surface area contributed by atoms with Crippen LogP contribution in [-0.4, -0.2) is 82.5 Å². The molecule has 0 saturated carbocycles. The van der Waals surface area contributed by atoms with Crippen molar-refractivity contribution in [3.05, 3.63) is 40.8 Å². The van der Waals surface area contributed by atoms with Crippen molar-refractivity contribution in [2.45, 2.75) is 97.9 Å². The van der Waals surface area contributed by atoms with Gasteiger partial charge in [0.2, 0.25) is 0 Å². The van der Waals surface area contributed by atoms with E-state index < -0.39 is 48.3 Å². The SMILES string of the molecule is C[SiH2]OC(O[SiH2]C)C(C)(C)c1ccc2cc(-c3nn(C(=O)OC(C)(C)C)c4cc(CN(C)C)sc34)n(C(=O)OC(C)(C)C)c2c1. The molecule has 1 aromatic carbocycles. The summed E-state index contributed by atoms with van der Waals surface area (Å²) in [7, 11) is 2.55. The summed E-state index contributed by atoms with van der Waals surface area (Å²) in [5.41, 5.74) is 1.41. The van der Waals surface area contributed by atoms with Crippen LogP contribution in [0.3, 0.4) is 0 Å². The average Bonchev–Trinajstić information content (AvgIpc) is 3.56. The molecule has 0 saturated heterocycles. The van der Waals surface area contributed by atoms with Gasteiger partial charge in [0, 0.05) is 22.2 Å². The van der Waals surface area contributed by atoms with E-state index in [4.69, 9.17) is 23.4 Å². The zero-order valence-electron chi connectivity index (χ0n) is 28.7. The summed E-state index contributed by atoms with van der Waals surface area (Å²) < 4.78 is 27.7. The van der Waals surface area contributed by atoms with Gasteiger partial charge in [0.25, 0.3) is 0 Å². The maximum atomic E-state index is 14.0. The summed E-state index contributed by atoms with van der Waals surface area (Å²) in [6.45, 7) is 20.1. The number of aromatic nitrogens is 3. The second kappa shape index (κ2) is 13.1. The standard InChI is InChI=1S/C32H48N4O6SSi2/c1-30(2,3)39-28(37)35-22-16-20(32(7,8)27(41-44-11)42-45-12)14-13-19(22)15-23(35)25-26-24(17-21(43-26)18-34(9)10)36(33-25)29(38)40-31(4,5)6/h13-17,27H,18,44-45H2,1-12H3. The Bertz CT molecular complexity index is 1690. The number of carbonyl (C=O) groups excluding carboxylic acids is 2. The molecule has 0 aliphatic heterocycles. The number of thiophene rings is 1. The Balaban J connectivity index is 2.00. The first-order valence-corrected chi connectivity index (χ1v) is 20.2. The van der Waals surface area contributed by atoms with Crippen molar-refractivity contribution in [3.63, 3.8) is 0 Å². The van der Waals surface area contributed by atoms with E-state index in [1.807, 2.05) is 79.9 Å². The molecule has 0 aliphatic carbocycles. The molecule has 4 rings (SSSR count). The molecule has 0 radical (unpaired) electrons. The third kappa shape index (κ3) is 7.77. The molecule has 0 fully saturated rings. The molecule has 10 nitrogen and oxygen atoms in total. The Labute approximate surface area is 274 Å². The minimum absolute atomic E-state index is 0.363. The predicted molar refractivity (Wildman–Crippen MR) is 187 cm³/mol. The van der Waals surface area contributed by atoms with Gasteiger partial charge in [0.15, 0.2) is 19.5 Å². The number of rotatable bonds is 9. The van der Waals surface area contributed by atoms with E-state index in [2.05, 4.69) is 37.9 Å². The molecule has 3 aromatic heterocycles. The molecule has 0 spiro atoms. The molecule has 3 heterocycles. The molecule has 13 heteroatoms. The molecule has 0 amide bonds. The number of hydrogen-bond acceptors (Lipinski definition) is 9. The number of hydrogen-bond donors (Lipinski definition) is 0. The van der Waals surface area contributed by atoms with Gasteiger partial charge in [0.05, 0.1) is 21.4 Å². The van der Waals surface area contributed by atoms with Crippen LogP contribution in [0.2, 0.25) is 13.1 Å². The van der Waals surface area contributed by atoms with Gasteiger partial charge in [-0.2, -0.15) is 9.78 Å². The fourth-order valence-corrected chi connectivity index (χ4v) is 8.21. The highest BCUT2D eigenvalue weighted by Crippen LogP contribution is 2.40. The first kappa shape index (κ1) is 35.0. The monoisotopic (exact) mass is 672 g/mol. The molecule has 0 aliphatic rings. The van der Waals surface area contributed by atoms with Crippen molar-refractivity contribution in [1.82, 2.24) is 19.2 Å². The predicted octanol–water partition coefficient (Wildman–Crippen LogP) is 6.25. The van der Waals surface area contributed by atoms with E-state index in [-0.39, 0.29) is 6.29 Å². The highest BCUT2D eigenvalue weighted by Gasteiger charge is 2.34. The Kier molecular flexibility index (Phi) is 10.2. The fraction of sp³-hybridized carbons (Fsp3) is 0.531. The molecule has 0 unspecified atom stereocenters. The van der Waals surface area contributed by atoms with Crippen molar-refractivity contribution in [3.8, 4) is 11.4 Å². The lowest BCUT2D eigenvalue weighted by atomic mass is 9.83. The summed E-state index contributed by atoms with van der Waals surface area (Å²) in [4.78, 5) is 30.6. The number of carbonyl (C=O) groups is 2. The van der Waals surface area contributed by atoms with Crippen molar-refractivity contribution < 1.29 is 27.9 Å². The molecule has 0 bridgehead atoms. The molecule has 246 valence electrons. The van der Waals surface area contributed by atoms with E-state index in [1.165, 1.54) is 4.68 Å². The quantitative estimate of drug-likeness (QED) is 0.152. The van der Waals surface area contributed by atoms with Crippen LogP contribution < -0.4 is 0 Å². The van der Waals surface area contributed by atoms with Gasteiger partial charge in [-0.15, -0.1) is 11.3 Å². The van der Waals surface area contributed by atoms with Gasteiger partial charge in [-0.3, -0.25) is 0 Å². The Morgan fingerprint density at radius 1 is 0.889 bits per heavy atom. The summed E-state index contributed by atoms with van der Waals surface area (Å²) in [6.07, 6.45) is -1.47. The van der Waals surface area contributed by atoms with Crippen LogP contribution in [0.15, 0.2) is 30.3 Å². The van der Waals surface area contributed by atoms with Crippen LogP contribution in [0.25, 0.3) is 32.5 Å². The molecule has 0 N–H and O–H groups in total. The first-order chi connectivity index (χ1) is 20.9. The second-order valence-electron chi connectivity index (χ2n) is 14.0. The van der Waals surface area contributed by atoms with E-state index in [1.54, 1.807) is 15.9 Å². The average molecular weight is 673 g/mol. The van der Waals surface area contributed by atoms with Crippen LogP contribution in [-0.2, 0) is 30.3 Å². The summed E-state index contributed by atoms with van der Waals surface area (Å²) >= 11 is 1.55. The second-order valence-corrected chi connectivity index (χ2v) is 16.9. The maximum absolute atomic E-state index is 14.0. The number of benzene rings is 1. The number of fused-ring (bicyclic) bond motifs is 2. The van der Waals surface area contributed by atoms with Crippen molar-refractivity contribution >= 4 is 64.2 Å². The lowest BCUT2D eigenvalue weighted by Crippen LogP contribution is -2.39. The lowest BCUT2D eigenvalue weighted by molar-refractivity contribution is -0.0432. The zero-order valence-corrected chi connectivity index (χ0v) is 32.4. The van der Waals surface area contributed by atoms with Gasteiger partial charge in [-0.05, 0) is 79.4 Å². The topological polar surface area (TPSA) is 97.0 Å². The van der Waals surface area contributed by atoms with Crippen LogP contribution in [0.4, 0.5) is 9.59 Å². The van der Waals surface area contributed by atoms with Gasteiger partial charge in [-0.25, -0.2) is 14.2 Å². The van der Waals surface area contributed by atoms with Crippen LogP contribution in [0, 0.1) is 0 Å². The summed E-state index contributed by atoms with van der Waals surface area (Å²) in [6, 6.07) is 10.00. The maximum Gasteiger partial charge on any atom is 0.435 e. The molecule has 0 atom stereocenters. The van der Waals surface area contributed by atoms with E-state index in [0.717, 1.165) is 20.5 Å². The minimum atomic E-state index is -0.737. The van der Waals surface area contributed by atoms with Crippen molar-refractivity contribution in [2.75, 3.05) is 14.1 Å². The van der Waals surface area contributed by atoms with Crippen LogP contribution >= 0.6 is 11.3 Å². The van der Waals surface area contributed by atoms with Crippen LogP contribution in [0.1, 0.15) is 65.8 Å². The van der Waals surface area contributed by atoms with Gasteiger partial charge < -0.3 is 23.2 Å². The highest BCUT2D eigenvalue weighted by atomic mass is 32.1. The molecule has 4 aromatic rings. The molecular weight excluding hydrogens is 625 g/mol. The minimum Gasteiger partial charge on any atom is -0.443 e. The highest BCUT2D eigenvalue weighted by molar-refractivity contribution is 7.19.